The molecule has 0 aliphatic heterocycles. The molecule has 0 aliphatic carbocycles. The lowest BCUT2D eigenvalue weighted by atomic mass is 10.0. The maximum absolute atomic E-state index is 13.6. The van der Waals surface area contributed by atoms with Crippen LogP contribution in [0.15, 0.2) is 53.3 Å². The van der Waals surface area contributed by atoms with E-state index in [1.807, 2.05) is 0 Å². The van der Waals surface area contributed by atoms with Gasteiger partial charge in [-0.05, 0) is 24.3 Å². The molecular weight excluding hydrogens is 484 g/mol. The average Bonchev–Trinajstić information content (AvgIpc) is 2.79. The molecule has 0 fully saturated rings. The van der Waals surface area contributed by atoms with Gasteiger partial charge in [0.2, 0.25) is 0 Å². The Morgan fingerprint density at radius 3 is 2.34 bits per heavy atom. The number of aromatic nitrogens is 2. The first kappa shape index (κ1) is 25.7. The Kier molecular flexibility index (Phi) is 7.19. The van der Waals surface area contributed by atoms with Crippen LogP contribution in [0.1, 0.15) is 21.5 Å². The molecule has 1 aromatic heterocycles. The Morgan fingerprint density at radius 2 is 1.74 bits per heavy atom. The van der Waals surface area contributed by atoms with E-state index in [0.29, 0.717) is 16.8 Å². The summed E-state index contributed by atoms with van der Waals surface area (Å²) >= 11 is 0. The summed E-state index contributed by atoms with van der Waals surface area (Å²) in [5.41, 5.74) is -5.21. The van der Waals surface area contributed by atoms with Crippen LogP contribution >= 0.6 is 0 Å². The molecule has 35 heavy (non-hydrogen) atoms. The summed E-state index contributed by atoms with van der Waals surface area (Å²) in [4.78, 5) is 25.3. The number of ether oxygens (including phenoxy) is 1. The Hall–Kier alpha value is -3.87. The van der Waals surface area contributed by atoms with Crippen molar-refractivity contribution in [3.63, 3.8) is 0 Å². The van der Waals surface area contributed by atoms with Crippen LogP contribution in [-0.2, 0) is 18.9 Å². The number of nitrogens with one attached hydrogen (secondary N) is 1. The molecule has 3 rings (SSSR count). The van der Waals surface area contributed by atoms with Crippen molar-refractivity contribution in [2.75, 3.05) is 19.0 Å². The van der Waals surface area contributed by atoms with Crippen molar-refractivity contribution < 1.29 is 41.0 Å². The van der Waals surface area contributed by atoms with E-state index in [9.17, 15) is 35.9 Å². The first-order valence-electron chi connectivity index (χ1n) is 9.83. The van der Waals surface area contributed by atoms with E-state index in [1.165, 1.54) is 6.07 Å². The van der Waals surface area contributed by atoms with Gasteiger partial charge in [0, 0.05) is 11.6 Å². The smallest absolute Gasteiger partial charge is 0.417 e. The van der Waals surface area contributed by atoms with E-state index < -0.39 is 64.1 Å². The molecule has 0 saturated carbocycles. The monoisotopic (exact) mass is 501 g/mol. The molecule has 186 valence electrons. The van der Waals surface area contributed by atoms with Crippen LogP contribution in [0.5, 0.6) is 5.75 Å². The number of benzene rings is 2. The summed E-state index contributed by atoms with van der Waals surface area (Å²) in [6, 6.07) is 7.10. The fourth-order valence-corrected chi connectivity index (χ4v) is 3.23. The number of aliphatic hydroxyl groups is 1. The molecule has 0 unspecified atom stereocenters. The number of hydrogen-bond acceptors (Lipinski definition) is 5. The van der Waals surface area contributed by atoms with Crippen molar-refractivity contribution >= 4 is 11.6 Å². The molecular formula is C22H17F6N3O4. The fourth-order valence-electron chi connectivity index (χ4n) is 3.23. The van der Waals surface area contributed by atoms with E-state index in [2.05, 4.69) is 10.4 Å². The number of methoxy groups -OCH3 is 1. The second-order valence-electron chi connectivity index (χ2n) is 7.10. The predicted octanol–water partition coefficient (Wildman–Crippen LogP) is 4.20. The van der Waals surface area contributed by atoms with Crippen molar-refractivity contribution in [2.24, 2.45) is 0 Å². The Morgan fingerprint density at radius 1 is 1.06 bits per heavy atom. The van der Waals surface area contributed by atoms with Crippen molar-refractivity contribution in [1.82, 2.24) is 9.78 Å². The Balaban J connectivity index is 2.18. The zero-order valence-electron chi connectivity index (χ0n) is 17.9. The van der Waals surface area contributed by atoms with Gasteiger partial charge in [0.25, 0.3) is 11.5 Å². The quantitative estimate of drug-likeness (QED) is 0.494. The number of halogens is 6. The Labute approximate surface area is 193 Å². The lowest BCUT2D eigenvalue weighted by Crippen LogP contribution is -2.27. The van der Waals surface area contributed by atoms with E-state index in [4.69, 9.17) is 9.84 Å². The zero-order valence-corrected chi connectivity index (χ0v) is 17.9. The third-order valence-electron chi connectivity index (χ3n) is 4.82. The fraction of sp³-hybridized carbons (Fsp3) is 0.227. The number of hydrogen-bond donors (Lipinski definition) is 2. The highest BCUT2D eigenvalue weighted by Gasteiger charge is 2.35. The predicted molar refractivity (Wildman–Crippen MR) is 112 cm³/mol. The van der Waals surface area contributed by atoms with Crippen molar-refractivity contribution in [1.29, 1.82) is 0 Å². The van der Waals surface area contributed by atoms with Crippen LogP contribution in [0.3, 0.4) is 0 Å². The maximum Gasteiger partial charge on any atom is 0.417 e. The van der Waals surface area contributed by atoms with Gasteiger partial charge in [-0.2, -0.15) is 31.4 Å². The van der Waals surface area contributed by atoms with E-state index in [-0.39, 0.29) is 12.3 Å². The van der Waals surface area contributed by atoms with Crippen molar-refractivity contribution in [2.45, 2.75) is 18.9 Å². The number of nitrogens with zero attached hydrogens (tertiary/aromatic N) is 2. The largest absolute Gasteiger partial charge is 0.496 e. The minimum atomic E-state index is -4.83. The SMILES string of the molecule is COc1ccc(C(F)(F)F)cc1C(=O)Nc1cc(=O)n(CCO)nc1-c1ccccc1C(F)(F)F. The minimum Gasteiger partial charge on any atom is -0.496 e. The van der Waals surface area contributed by atoms with Gasteiger partial charge in [-0.15, -0.1) is 0 Å². The van der Waals surface area contributed by atoms with Crippen LogP contribution in [0.2, 0.25) is 0 Å². The molecule has 1 heterocycles. The van der Waals surface area contributed by atoms with Crippen LogP contribution in [0.4, 0.5) is 32.0 Å². The van der Waals surface area contributed by atoms with Crippen LogP contribution in [-0.4, -0.2) is 34.5 Å². The van der Waals surface area contributed by atoms with Gasteiger partial charge in [0.05, 0.1) is 42.6 Å². The standard InChI is InChI=1S/C22H17F6N3O4/c1-35-17-7-6-12(21(23,24)25)10-14(17)20(34)29-16-11-18(33)31(8-9-32)30-19(16)13-4-2-3-5-15(13)22(26,27)28/h2-7,10-11,32H,8-9H2,1H3,(H,29,34). The summed E-state index contributed by atoms with van der Waals surface area (Å²) < 4.78 is 86.0. The number of anilines is 1. The van der Waals surface area contributed by atoms with Gasteiger partial charge in [0.15, 0.2) is 0 Å². The zero-order chi connectivity index (χ0) is 26.0. The highest BCUT2D eigenvalue weighted by Crippen LogP contribution is 2.38. The van der Waals surface area contributed by atoms with Gasteiger partial charge in [-0.25, -0.2) is 4.68 Å². The van der Waals surface area contributed by atoms with Crippen molar-refractivity contribution in [3.8, 4) is 17.0 Å². The van der Waals surface area contributed by atoms with Gasteiger partial charge in [0.1, 0.15) is 11.4 Å². The molecule has 0 bridgehead atoms. The molecule has 3 aromatic rings. The second-order valence-corrected chi connectivity index (χ2v) is 7.10. The van der Waals surface area contributed by atoms with Crippen LogP contribution < -0.4 is 15.6 Å². The van der Waals surface area contributed by atoms with E-state index in [0.717, 1.165) is 37.4 Å². The minimum absolute atomic E-state index is 0.241. The second kappa shape index (κ2) is 9.78. The lowest BCUT2D eigenvalue weighted by molar-refractivity contribution is -0.138. The highest BCUT2D eigenvalue weighted by molar-refractivity contribution is 6.07. The Bertz CT molecular complexity index is 1300. The van der Waals surface area contributed by atoms with Crippen molar-refractivity contribution in [3.05, 3.63) is 75.6 Å². The molecule has 0 aliphatic rings. The molecule has 2 N–H and O–H groups in total. The first-order valence-corrected chi connectivity index (χ1v) is 9.83. The molecule has 0 spiro atoms. The van der Waals surface area contributed by atoms with Crippen LogP contribution in [0, 0.1) is 0 Å². The molecule has 0 saturated heterocycles. The number of carbonyl (C=O) groups is 1. The molecule has 1 amide bonds. The summed E-state index contributed by atoms with van der Waals surface area (Å²) in [5.74, 6) is -1.42. The average molecular weight is 501 g/mol. The summed E-state index contributed by atoms with van der Waals surface area (Å²) in [6.07, 6.45) is -9.62. The van der Waals surface area contributed by atoms with Gasteiger partial charge >= 0.3 is 12.4 Å². The molecule has 0 atom stereocenters. The normalized spacial score (nSPS) is 11.9. The number of rotatable bonds is 6. The summed E-state index contributed by atoms with van der Waals surface area (Å²) in [5, 5.41) is 15.2. The highest BCUT2D eigenvalue weighted by atomic mass is 19.4. The van der Waals surface area contributed by atoms with Gasteiger partial charge in [-0.1, -0.05) is 18.2 Å². The number of carbonyl (C=O) groups excluding carboxylic acids is 1. The molecule has 0 radical (unpaired) electrons. The molecule has 2 aromatic carbocycles. The summed E-state index contributed by atoms with van der Waals surface area (Å²) in [6.45, 7) is -0.907. The third kappa shape index (κ3) is 5.62. The lowest BCUT2D eigenvalue weighted by Gasteiger charge is -2.17. The van der Waals surface area contributed by atoms with E-state index >= 15 is 0 Å². The number of amides is 1. The molecule has 13 heteroatoms. The third-order valence-corrected chi connectivity index (χ3v) is 4.82. The maximum atomic E-state index is 13.6. The summed E-state index contributed by atoms with van der Waals surface area (Å²) in [7, 11) is 1.11. The van der Waals surface area contributed by atoms with Crippen LogP contribution in [0.25, 0.3) is 11.3 Å². The number of alkyl halides is 6. The van der Waals surface area contributed by atoms with Gasteiger partial charge < -0.3 is 15.2 Å². The van der Waals surface area contributed by atoms with Gasteiger partial charge in [-0.3, -0.25) is 9.59 Å². The topological polar surface area (TPSA) is 93.5 Å². The molecule has 7 nitrogen and oxygen atoms in total. The number of aliphatic hydroxyl groups excluding tert-OH is 1. The van der Waals surface area contributed by atoms with E-state index in [1.54, 1.807) is 0 Å². The first-order chi connectivity index (χ1) is 16.4.